The Kier molecular flexibility index (Phi) is 4.21. The van der Waals surface area contributed by atoms with Gasteiger partial charge in [0.15, 0.2) is 5.69 Å². The van der Waals surface area contributed by atoms with Gasteiger partial charge in [-0.3, -0.25) is 0 Å². The Bertz CT molecular complexity index is 759. The van der Waals surface area contributed by atoms with E-state index in [4.69, 9.17) is 22.6 Å². The highest BCUT2D eigenvalue weighted by Crippen LogP contribution is 2.31. The van der Waals surface area contributed by atoms with Crippen LogP contribution in [0.1, 0.15) is 16.1 Å². The van der Waals surface area contributed by atoms with Gasteiger partial charge in [0.1, 0.15) is 11.9 Å². The summed E-state index contributed by atoms with van der Waals surface area (Å²) >= 11 is 8.90. The smallest absolute Gasteiger partial charge is 0.357 e. The molecule has 5 nitrogen and oxygen atoms in total. The highest BCUT2D eigenvalue weighted by molar-refractivity contribution is 9.10. The molecule has 2 N–H and O–H groups in total. The maximum absolute atomic E-state index is 13.8. The van der Waals surface area contributed by atoms with Crippen molar-refractivity contribution in [3.8, 4) is 11.8 Å². The number of benzene rings is 1. The van der Waals surface area contributed by atoms with Crippen LogP contribution in [0.3, 0.4) is 0 Å². The van der Waals surface area contributed by atoms with Gasteiger partial charge in [-0.2, -0.15) is 5.26 Å². The first kappa shape index (κ1) is 15.4. The molecule has 0 unspecified atom stereocenters. The summed E-state index contributed by atoms with van der Waals surface area (Å²) in [6.45, 7) is 0. The van der Waals surface area contributed by atoms with Gasteiger partial charge >= 0.3 is 5.97 Å². The molecule has 1 heterocycles. The van der Waals surface area contributed by atoms with E-state index in [2.05, 4.69) is 20.7 Å². The van der Waals surface area contributed by atoms with Crippen LogP contribution in [-0.2, 0) is 4.74 Å². The van der Waals surface area contributed by atoms with Crippen molar-refractivity contribution in [2.75, 3.05) is 12.8 Å². The minimum Gasteiger partial charge on any atom is -0.464 e. The molecule has 1 aromatic heterocycles. The number of hydrogen-bond donors (Lipinski definition) is 1. The third-order valence-electron chi connectivity index (χ3n) is 2.79. The number of hydrogen-bond acceptors (Lipinski definition) is 4. The van der Waals surface area contributed by atoms with Crippen LogP contribution in [0.4, 0.5) is 10.1 Å². The molecule has 0 fully saturated rings. The van der Waals surface area contributed by atoms with Gasteiger partial charge in [-0.05, 0) is 28.1 Å². The fourth-order valence-electron chi connectivity index (χ4n) is 1.80. The summed E-state index contributed by atoms with van der Waals surface area (Å²) < 4.78 is 19.8. The molecule has 2 aromatic rings. The monoisotopic (exact) mass is 371 g/mol. The first-order chi connectivity index (χ1) is 9.90. The average molecular weight is 373 g/mol. The van der Waals surface area contributed by atoms with Gasteiger partial charge in [0.2, 0.25) is 0 Å². The van der Waals surface area contributed by atoms with E-state index in [-0.39, 0.29) is 32.1 Å². The van der Waals surface area contributed by atoms with Crippen LogP contribution in [0.5, 0.6) is 0 Å². The van der Waals surface area contributed by atoms with Crippen molar-refractivity contribution >= 4 is 39.2 Å². The Morgan fingerprint density at radius 1 is 1.57 bits per heavy atom. The molecule has 21 heavy (non-hydrogen) atoms. The second-order valence-corrected chi connectivity index (χ2v) is 5.20. The van der Waals surface area contributed by atoms with Crippen LogP contribution in [0.15, 0.2) is 22.8 Å². The zero-order valence-electron chi connectivity index (χ0n) is 10.7. The lowest BCUT2D eigenvalue weighted by molar-refractivity contribution is 0.0593. The lowest BCUT2D eigenvalue weighted by Crippen LogP contribution is -2.11. The molecule has 0 saturated carbocycles. The fraction of sp³-hybridized carbons (Fsp3) is 0.0769. The number of halogens is 3. The van der Waals surface area contributed by atoms with Gasteiger partial charge in [-0.1, -0.05) is 11.6 Å². The number of nitriles is 1. The minimum atomic E-state index is -0.742. The molecule has 0 radical (unpaired) electrons. The van der Waals surface area contributed by atoms with E-state index in [1.165, 1.54) is 23.9 Å². The zero-order chi connectivity index (χ0) is 15.7. The third-order valence-corrected chi connectivity index (χ3v) is 4.12. The number of esters is 1. The number of aromatic nitrogens is 1. The van der Waals surface area contributed by atoms with E-state index < -0.39 is 11.8 Å². The Morgan fingerprint density at radius 2 is 2.24 bits per heavy atom. The van der Waals surface area contributed by atoms with E-state index in [0.717, 1.165) is 6.07 Å². The summed E-state index contributed by atoms with van der Waals surface area (Å²) in [5, 5.41) is 9.13. The highest BCUT2D eigenvalue weighted by Gasteiger charge is 2.22. The number of anilines is 1. The molecule has 0 atom stereocenters. The SMILES string of the molecule is COC(=O)c1c(N)c(C#N)cn1-c1cc(F)c(Br)c(Cl)c1. The van der Waals surface area contributed by atoms with E-state index in [0.29, 0.717) is 0 Å². The quantitative estimate of drug-likeness (QED) is 0.648. The Balaban J connectivity index is 2.75. The van der Waals surface area contributed by atoms with Gasteiger partial charge in [0.25, 0.3) is 0 Å². The molecule has 2 rings (SSSR count). The summed E-state index contributed by atoms with van der Waals surface area (Å²) in [4.78, 5) is 11.8. The lowest BCUT2D eigenvalue weighted by Gasteiger charge is -2.10. The fourth-order valence-corrected chi connectivity index (χ4v) is 2.23. The predicted molar refractivity (Wildman–Crippen MR) is 78.9 cm³/mol. The van der Waals surface area contributed by atoms with E-state index in [1.54, 1.807) is 0 Å². The molecule has 0 aliphatic rings. The summed E-state index contributed by atoms with van der Waals surface area (Å²) in [6.07, 6.45) is 1.32. The normalized spacial score (nSPS) is 10.2. The van der Waals surface area contributed by atoms with Crippen molar-refractivity contribution in [2.45, 2.75) is 0 Å². The molecule has 0 aliphatic heterocycles. The van der Waals surface area contributed by atoms with Gasteiger partial charge in [0, 0.05) is 6.20 Å². The molecule has 0 saturated heterocycles. The van der Waals surface area contributed by atoms with Crippen molar-refractivity contribution in [1.29, 1.82) is 5.26 Å². The van der Waals surface area contributed by atoms with Gasteiger partial charge in [-0.25, -0.2) is 9.18 Å². The number of nitrogens with two attached hydrogens (primary N) is 1. The van der Waals surface area contributed by atoms with Crippen molar-refractivity contribution < 1.29 is 13.9 Å². The van der Waals surface area contributed by atoms with E-state index in [9.17, 15) is 9.18 Å². The largest absolute Gasteiger partial charge is 0.464 e. The predicted octanol–water partition coefficient (Wildman–Crippen LogP) is 3.27. The summed E-state index contributed by atoms with van der Waals surface area (Å²) in [5.41, 5.74) is 5.98. The summed E-state index contributed by atoms with van der Waals surface area (Å²) in [6, 6.07) is 4.44. The first-order valence-corrected chi connectivity index (χ1v) is 6.72. The standard InChI is InChI=1S/C13H8BrClFN3O2/c1-21-13(20)12-11(18)6(4-17)5-19(12)7-2-8(15)10(14)9(16)3-7/h2-3,5H,18H2,1H3. The topological polar surface area (TPSA) is 81.0 Å². The van der Waals surface area contributed by atoms with E-state index >= 15 is 0 Å². The average Bonchev–Trinajstić information content (AvgIpc) is 2.80. The molecular weight excluding hydrogens is 365 g/mol. The second-order valence-electron chi connectivity index (χ2n) is 4.00. The van der Waals surface area contributed by atoms with Crippen LogP contribution in [0.2, 0.25) is 5.02 Å². The molecule has 8 heteroatoms. The van der Waals surface area contributed by atoms with Crippen LogP contribution < -0.4 is 5.73 Å². The number of rotatable bonds is 2. The van der Waals surface area contributed by atoms with Crippen LogP contribution >= 0.6 is 27.5 Å². The lowest BCUT2D eigenvalue weighted by atomic mass is 10.2. The molecule has 0 spiro atoms. The molecule has 108 valence electrons. The maximum atomic E-state index is 13.8. The maximum Gasteiger partial charge on any atom is 0.357 e. The number of carbonyl (C=O) groups is 1. The summed E-state index contributed by atoms with van der Waals surface area (Å²) in [5.74, 6) is -1.35. The Labute approximate surface area is 132 Å². The van der Waals surface area contributed by atoms with Gasteiger partial charge in [0.05, 0.1) is 33.5 Å². The third kappa shape index (κ3) is 2.60. The summed E-state index contributed by atoms with van der Waals surface area (Å²) in [7, 11) is 1.18. The Hall–Kier alpha value is -2.04. The first-order valence-electron chi connectivity index (χ1n) is 5.54. The zero-order valence-corrected chi connectivity index (χ0v) is 13.0. The number of nitrogen functional groups attached to an aromatic ring is 1. The number of carbonyl (C=O) groups excluding carboxylic acids is 1. The molecule has 0 amide bonds. The van der Waals surface area contributed by atoms with Crippen LogP contribution in [0, 0.1) is 17.1 Å². The van der Waals surface area contributed by atoms with Crippen LogP contribution in [-0.4, -0.2) is 17.6 Å². The highest BCUT2D eigenvalue weighted by atomic mass is 79.9. The van der Waals surface area contributed by atoms with Crippen molar-refractivity contribution in [2.24, 2.45) is 0 Å². The van der Waals surface area contributed by atoms with Gasteiger partial charge < -0.3 is 15.0 Å². The molecule has 0 bridgehead atoms. The van der Waals surface area contributed by atoms with E-state index in [1.807, 2.05) is 6.07 Å². The number of ether oxygens (including phenoxy) is 1. The Morgan fingerprint density at radius 3 is 2.76 bits per heavy atom. The number of methoxy groups -OCH3 is 1. The van der Waals surface area contributed by atoms with Crippen molar-refractivity contribution in [3.63, 3.8) is 0 Å². The van der Waals surface area contributed by atoms with Gasteiger partial charge in [-0.15, -0.1) is 0 Å². The van der Waals surface area contributed by atoms with Crippen LogP contribution in [0.25, 0.3) is 5.69 Å². The van der Waals surface area contributed by atoms with Crippen molar-refractivity contribution in [3.05, 3.63) is 44.9 Å². The second kappa shape index (κ2) is 5.76. The number of nitrogens with zero attached hydrogens (tertiary/aromatic N) is 2. The molecule has 0 aliphatic carbocycles. The molecular formula is C13H8BrClFN3O2. The molecule has 1 aromatic carbocycles. The van der Waals surface area contributed by atoms with Crippen molar-refractivity contribution in [1.82, 2.24) is 4.57 Å². The minimum absolute atomic E-state index is 0.0381.